The van der Waals surface area contributed by atoms with Crippen LogP contribution in [0.5, 0.6) is 17.2 Å². The lowest BCUT2D eigenvalue weighted by Gasteiger charge is -2.20. The second-order valence-electron chi connectivity index (χ2n) is 7.29. The van der Waals surface area contributed by atoms with Gasteiger partial charge in [-0.05, 0) is 29.8 Å². The van der Waals surface area contributed by atoms with Gasteiger partial charge < -0.3 is 24.2 Å². The number of carbonyl (C=O) groups is 2. The first-order valence-electron chi connectivity index (χ1n) is 10.6. The molecule has 0 N–H and O–H groups in total. The van der Waals surface area contributed by atoms with Crippen LogP contribution in [0.15, 0.2) is 60.9 Å². The van der Waals surface area contributed by atoms with Crippen molar-refractivity contribution in [2.75, 3.05) is 7.11 Å². The van der Waals surface area contributed by atoms with E-state index >= 15 is 0 Å². The molecular weight excluding hydrogens is 535 g/mol. The maximum Gasteiger partial charge on any atom is 0.387 e. The van der Waals surface area contributed by atoms with Crippen LogP contribution >= 0.6 is 23.2 Å². The van der Waals surface area contributed by atoms with Gasteiger partial charge in [-0.1, -0.05) is 47.5 Å². The summed E-state index contributed by atoms with van der Waals surface area (Å²) in [7, 11) is 1.29. The first-order valence-corrected chi connectivity index (χ1v) is 11.4. The van der Waals surface area contributed by atoms with Crippen LogP contribution in [0.2, 0.25) is 10.0 Å². The average molecular weight is 558 g/mol. The highest BCUT2D eigenvalue weighted by molar-refractivity contribution is 6.35. The number of halogens is 4. The van der Waals surface area contributed by atoms with Gasteiger partial charge in [0.05, 0.1) is 7.11 Å². The van der Waals surface area contributed by atoms with E-state index in [9.17, 15) is 23.6 Å². The third kappa shape index (κ3) is 9.74. The summed E-state index contributed by atoms with van der Waals surface area (Å²) in [4.78, 5) is 21.9. The van der Waals surface area contributed by atoms with Crippen molar-refractivity contribution >= 4 is 35.1 Å². The quantitative estimate of drug-likeness (QED) is 0.152. The van der Waals surface area contributed by atoms with Crippen LogP contribution in [0.1, 0.15) is 31.1 Å². The van der Waals surface area contributed by atoms with E-state index in [4.69, 9.17) is 37.4 Å². The number of carbonyl (C=O) groups excluding carboxylic acids is 2. The fraction of sp³-hybridized carbons (Fsp3) is 0.240. The first-order chi connectivity index (χ1) is 17.5. The first kappa shape index (κ1) is 29.6. The summed E-state index contributed by atoms with van der Waals surface area (Å²) >= 11 is 12.1. The number of esters is 2. The number of methoxy groups -OCH3 is 1. The lowest BCUT2D eigenvalue weighted by atomic mass is 10.0. The molecule has 0 aliphatic carbocycles. The molecule has 0 aliphatic rings. The minimum absolute atomic E-state index is 0.0348. The molecule has 0 radical (unpaired) electrons. The Labute approximate surface area is 221 Å². The molecule has 1 heterocycles. The van der Waals surface area contributed by atoms with Crippen molar-refractivity contribution in [3.63, 3.8) is 0 Å². The fourth-order valence-electron chi connectivity index (χ4n) is 3.07. The second-order valence-corrected chi connectivity index (χ2v) is 8.10. The topological polar surface area (TPSA) is 98.0 Å². The third-order valence-corrected chi connectivity index (χ3v) is 5.19. The van der Waals surface area contributed by atoms with Gasteiger partial charge in [0, 0.05) is 25.8 Å². The van der Waals surface area contributed by atoms with E-state index in [1.54, 1.807) is 12.1 Å². The van der Waals surface area contributed by atoms with Gasteiger partial charge in [-0.15, -0.1) is 0 Å². The van der Waals surface area contributed by atoms with Gasteiger partial charge in [-0.2, -0.15) is 13.5 Å². The Hall–Kier alpha value is -3.63. The molecule has 0 spiro atoms. The minimum Gasteiger partial charge on any atom is -0.619 e. The van der Waals surface area contributed by atoms with Crippen LogP contribution in [-0.4, -0.2) is 25.7 Å². The van der Waals surface area contributed by atoms with Crippen molar-refractivity contribution in [2.24, 2.45) is 0 Å². The summed E-state index contributed by atoms with van der Waals surface area (Å²) < 4.78 is 44.9. The summed E-state index contributed by atoms with van der Waals surface area (Å²) in [5.74, 6) is -0.399. The molecular formula is C25H23Cl2F2NO7. The summed E-state index contributed by atoms with van der Waals surface area (Å²) in [6.45, 7) is -0.416. The molecule has 0 aliphatic heterocycles. The van der Waals surface area contributed by atoms with Crippen molar-refractivity contribution in [1.29, 1.82) is 0 Å². The van der Waals surface area contributed by atoms with Crippen molar-refractivity contribution < 1.29 is 42.0 Å². The number of ether oxygens (including phenoxy) is 4. The van der Waals surface area contributed by atoms with E-state index in [0.29, 0.717) is 21.6 Å². The Kier molecular flexibility index (Phi) is 11.4. The van der Waals surface area contributed by atoms with Crippen LogP contribution in [0.25, 0.3) is 0 Å². The van der Waals surface area contributed by atoms with E-state index in [0.717, 1.165) is 12.4 Å². The number of rotatable bonds is 8. The smallest absolute Gasteiger partial charge is 0.387 e. The highest BCUT2D eigenvalue weighted by atomic mass is 35.5. The van der Waals surface area contributed by atoms with E-state index in [1.807, 2.05) is 18.2 Å². The van der Waals surface area contributed by atoms with Gasteiger partial charge in [0.25, 0.3) is 0 Å². The number of hydrogen-bond donors (Lipinski definition) is 0. The van der Waals surface area contributed by atoms with Crippen molar-refractivity contribution in [1.82, 2.24) is 0 Å². The van der Waals surface area contributed by atoms with Gasteiger partial charge in [-0.25, -0.2) is 0 Å². The van der Waals surface area contributed by atoms with Crippen molar-refractivity contribution in [3.8, 4) is 17.2 Å². The lowest BCUT2D eigenvalue weighted by Crippen LogP contribution is -2.25. The molecule has 0 saturated carbocycles. The SMILES string of the molecule is CC(=O)Oc1ccccc1.COc1cc(C(Cc2c(Cl)c[n+]([O-])cc2Cl)OC(C)=O)ccc1OC(F)F. The van der Waals surface area contributed by atoms with Gasteiger partial charge in [0.1, 0.15) is 21.9 Å². The molecule has 0 bridgehead atoms. The van der Waals surface area contributed by atoms with Crippen molar-refractivity contribution in [3.05, 3.63) is 87.3 Å². The third-order valence-electron chi connectivity index (χ3n) is 4.54. The largest absolute Gasteiger partial charge is 0.619 e. The zero-order chi connectivity index (χ0) is 27.5. The van der Waals surface area contributed by atoms with Gasteiger partial charge in [0.2, 0.25) is 0 Å². The normalized spacial score (nSPS) is 11.1. The average Bonchev–Trinajstić information content (AvgIpc) is 2.81. The van der Waals surface area contributed by atoms with Crippen LogP contribution in [0.3, 0.4) is 0 Å². The monoisotopic (exact) mass is 557 g/mol. The summed E-state index contributed by atoms with van der Waals surface area (Å²) in [6, 6.07) is 13.1. The fourth-order valence-corrected chi connectivity index (χ4v) is 3.67. The molecule has 12 heteroatoms. The molecule has 37 heavy (non-hydrogen) atoms. The summed E-state index contributed by atoms with van der Waals surface area (Å²) in [5.41, 5.74) is 0.832. The zero-order valence-electron chi connectivity index (χ0n) is 20.0. The predicted octanol–water partition coefficient (Wildman–Crippen LogP) is 5.70. The van der Waals surface area contributed by atoms with Crippen LogP contribution in [0, 0.1) is 5.21 Å². The number of alkyl halides is 2. The molecule has 1 atom stereocenters. The molecule has 1 unspecified atom stereocenters. The van der Waals surface area contributed by atoms with Gasteiger partial charge in [0.15, 0.2) is 23.9 Å². The molecule has 3 aromatic rings. The Morgan fingerprint density at radius 3 is 2.11 bits per heavy atom. The number of aromatic nitrogens is 1. The number of para-hydroxylation sites is 1. The second kappa shape index (κ2) is 14.2. The standard InChI is InChI=1S/C17H15Cl2F2NO5.C8H8O2/c1-9(23)26-15(6-11-12(18)7-22(24)8-13(11)19)10-3-4-14(27-17(20)21)16(5-10)25-2;1-7(9)10-8-5-3-2-4-6-8/h3-5,7-8,15,17H,6H2,1-2H3;2-6H,1H3. The summed E-state index contributed by atoms with van der Waals surface area (Å²) in [5, 5.41) is 11.6. The molecule has 2 aromatic carbocycles. The maximum atomic E-state index is 12.5. The Morgan fingerprint density at radius 1 is 0.973 bits per heavy atom. The Bertz CT molecular complexity index is 1190. The molecule has 8 nitrogen and oxygen atoms in total. The van der Waals surface area contributed by atoms with Gasteiger partial charge in [-0.3, -0.25) is 9.59 Å². The maximum absolute atomic E-state index is 12.5. The number of benzene rings is 2. The van der Waals surface area contributed by atoms with Crippen molar-refractivity contribution in [2.45, 2.75) is 33.0 Å². The number of nitrogens with zero attached hydrogens (tertiary/aromatic N) is 1. The lowest BCUT2D eigenvalue weighted by molar-refractivity contribution is -0.605. The van der Waals surface area contributed by atoms with E-state index < -0.39 is 18.7 Å². The highest BCUT2D eigenvalue weighted by Gasteiger charge is 2.23. The Balaban J connectivity index is 0.000000402. The highest BCUT2D eigenvalue weighted by Crippen LogP contribution is 2.35. The van der Waals surface area contributed by atoms with Crippen LogP contribution in [-0.2, 0) is 20.7 Å². The summed E-state index contributed by atoms with van der Waals surface area (Å²) in [6.07, 6.45) is 1.44. The molecule has 0 amide bonds. The zero-order valence-corrected chi connectivity index (χ0v) is 21.5. The number of hydrogen-bond acceptors (Lipinski definition) is 7. The van der Waals surface area contributed by atoms with E-state index in [1.165, 1.54) is 39.2 Å². The predicted molar refractivity (Wildman–Crippen MR) is 131 cm³/mol. The molecule has 0 saturated heterocycles. The minimum atomic E-state index is -3.02. The van der Waals surface area contributed by atoms with E-state index in [2.05, 4.69) is 4.74 Å². The molecule has 0 fully saturated rings. The molecule has 3 rings (SSSR count). The number of pyridine rings is 1. The van der Waals surface area contributed by atoms with E-state index in [-0.39, 0.29) is 33.9 Å². The van der Waals surface area contributed by atoms with Gasteiger partial charge >= 0.3 is 18.6 Å². The van der Waals surface area contributed by atoms with Crippen LogP contribution < -0.4 is 18.9 Å². The van der Waals surface area contributed by atoms with Crippen LogP contribution in [0.4, 0.5) is 8.78 Å². The Morgan fingerprint density at radius 2 is 1.59 bits per heavy atom. The molecule has 198 valence electrons. The molecule has 1 aromatic heterocycles.